The van der Waals surface area contributed by atoms with Crippen LogP contribution in [0.5, 0.6) is 0 Å². The number of rotatable bonds is 0. The van der Waals surface area contributed by atoms with Crippen LogP contribution in [0.25, 0.3) is 0 Å². The smallest absolute Gasteiger partial charge is 0.0195 e. The topological polar surface area (TPSA) is 78.1 Å². The van der Waals surface area contributed by atoms with E-state index < -0.39 is 0 Å². The molecule has 2 aliphatic carbocycles. The van der Waals surface area contributed by atoms with Gasteiger partial charge in [-0.1, -0.05) is 51.4 Å². The van der Waals surface area contributed by atoms with E-state index in [0.717, 1.165) is 11.8 Å². The molecule has 0 unspecified atom stereocenters. The lowest BCUT2D eigenvalue weighted by molar-refractivity contribution is 0.171. The molecule has 0 aromatic rings. The van der Waals surface area contributed by atoms with Crippen molar-refractivity contribution in [3.8, 4) is 0 Å². The molecule has 2 fully saturated rings. The fourth-order valence-electron chi connectivity index (χ4n) is 2.86. The zero-order chi connectivity index (χ0) is 12.8. The normalized spacial score (nSPS) is 26.6. The SMILES string of the molecule is C1CCC2CCCCC2C1.CN.CN.CN. The molecule has 0 radical (unpaired) electrons. The van der Waals surface area contributed by atoms with Crippen LogP contribution in [-0.2, 0) is 0 Å². The Balaban J connectivity index is 0. The maximum absolute atomic E-state index is 4.50. The van der Waals surface area contributed by atoms with Gasteiger partial charge in [0, 0.05) is 0 Å². The van der Waals surface area contributed by atoms with Crippen LogP contribution in [0.2, 0.25) is 0 Å². The van der Waals surface area contributed by atoms with Crippen molar-refractivity contribution in [3.05, 3.63) is 0 Å². The molecule has 0 amide bonds. The molecule has 0 heterocycles. The molecule has 0 spiro atoms. The van der Waals surface area contributed by atoms with Gasteiger partial charge in [0.05, 0.1) is 0 Å². The Bertz CT molecular complexity index is 91.7. The number of nitrogens with two attached hydrogens (primary N) is 3. The van der Waals surface area contributed by atoms with Crippen molar-refractivity contribution in [1.29, 1.82) is 0 Å². The molecule has 0 atom stereocenters. The fraction of sp³-hybridized carbons (Fsp3) is 1.00. The van der Waals surface area contributed by atoms with Crippen LogP contribution in [0, 0.1) is 11.8 Å². The molecule has 2 aliphatic rings. The highest BCUT2D eigenvalue weighted by atomic mass is 14.4. The maximum atomic E-state index is 4.50. The first-order valence-corrected chi connectivity index (χ1v) is 6.70. The minimum Gasteiger partial charge on any atom is -0.333 e. The van der Waals surface area contributed by atoms with E-state index in [1.54, 1.807) is 25.7 Å². The molecule has 3 nitrogen and oxygen atoms in total. The van der Waals surface area contributed by atoms with E-state index >= 15 is 0 Å². The largest absolute Gasteiger partial charge is 0.333 e. The Hall–Kier alpha value is -0.120. The van der Waals surface area contributed by atoms with Gasteiger partial charge in [0.25, 0.3) is 0 Å². The van der Waals surface area contributed by atoms with Gasteiger partial charge >= 0.3 is 0 Å². The number of hydrogen-bond donors (Lipinski definition) is 3. The summed E-state index contributed by atoms with van der Waals surface area (Å²) in [7, 11) is 4.50. The molecule has 16 heavy (non-hydrogen) atoms. The van der Waals surface area contributed by atoms with Gasteiger partial charge in [-0.3, -0.25) is 0 Å². The molecule has 3 heteroatoms. The molecule has 0 saturated heterocycles. The standard InChI is InChI=1S/C10H18.3CH5N/c1-2-6-10-8-4-3-7-9(10)5-1;3*1-2/h9-10H,1-8H2;3*2H2,1H3. The van der Waals surface area contributed by atoms with Gasteiger partial charge in [0.15, 0.2) is 0 Å². The third kappa shape index (κ3) is 7.20. The second-order valence-corrected chi connectivity index (χ2v) is 4.09. The summed E-state index contributed by atoms with van der Waals surface area (Å²) in [4.78, 5) is 0. The maximum Gasteiger partial charge on any atom is -0.0195 e. The molecule has 0 aliphatic heterocycles. The number of fused-ring (bicyclic) bond motifs is 1. The molecule has 2 saturated carbocycles. The summed E-state index contributed by atoms with van der Waals surface area (Å²) in [6.07, 6.45) is 12.4. The van der Waals surface area contributed by atoms with E-state index in [2.05, 4.69) is 17.2 Å². The molecule has 2 rings (SSSR count). The van der Waals surface area contributed by atoms with Crippen LogP contribution in [-0.4, -0.2) is 21.1 Å². The van der Waals surface area contributed by atoms with Crippen molar-refractivity contribution >= 4 is 0 Å². The highest BCUT2D eigenvalue weighted by molar-refractivity contribution is 4.78. The Morgan fingerprint density at radius 3 is 0.875 bits per heavy atom. The van der Waals surface area contributed by atoms with Gasteiger partial charge in [0.1, 0.15) is 0 Å². The van der Waals surface area contributed by atoms with E-state index in [1.807, 2.05) is 0 Å². The second kappa shape index (κ2) is 14.9. The average molecular weight is 231 g/mol. The number of hydrogen-bond acceptors (Lipinski definition) is 3. The first kappa shape index (κ1) is 18.3. The Morgan fingerprint density at radius 2 is 0.688 bits per heavy atom. The molecule has 0 aromatic carbocycles. The highest BCUT2D eigenvalue weighted by Gasteiger charge is 2.26. The van der Waals surface area contributed by atoms with Crippen LogP contribution >= 0.6 is 0 Å². The van der Waals surface area contributed by atoms with Crippen molar-refractivity contribution < 1.29 is 0 Å². The van der Waals surface area contributed by atoms with Crippen molar-refractivity contribution in [3.63, 3.8) is 0 Å². The predicted molar refractivity (Wildman–Crippen MR) is 74.3 cm³/mol. The second-order valence-electron chi connectivity index (χ2n) is 4.09. The van der Waals surface area contributed by atoms with Gasteiger partial charge < -0.3 is 17.2 Å². The van der Waals surface area contributed by atoms with Gasteiger partial charge in [-0.2, -0.15) is 0 Å². The minimum absolute atomic E-state index is 1.16. The van der Waals surface area contributed by atoms with Crippen molar-refractivity contribution in [2.45, 2.75) is 51.4 Å². The van der Waals surface area contributed by atoms with E-state index in [-0.39, 0.29) is 0 Å². The van der Waals surface area contributed by atoms with E-state index in [4.69, 9.17) is 0 Å². The third-order valence-electron chi connectivity index (χ3n) is 3.47. The summed E-state index contributed by atoms with van der Waals surface area (Å²) >= 11 is 0. The van der Waals surface area contributed by atoms with Crippen LogP contribution in [0.1, 0.15) is 51.4 Å². The first-order valence-electron chi connectivity index (χ1n) is 6.70. The zero-order valence-corrected chi connectivity index (χ0v) is 11.5. The Morgan fingerprint density at radius 1 is 0.500 bits per heavy atom. The zero-order valence-electron chi connectivity index (χ0n) is 11.5. The van der Waals surface area contributed by atoms with Crippen LogP contribution in [0.15, 0.2) is 0 Å². The highest BCUT2D eigenvalue weighted by Crippen LogP contribution is 2.39. The molecular formula is C13H33N3. The molecule has 100 valence electrons. The average Bonchev–Trinajstić information content (AvgIpc) is 2.45. The van der Waals surface area contributed by atoms with Crippen molar-refractivity contribution in [2.24, 2.45) is 29.0 Å². The summed E-state index contributed by atoms with van der Waals surface area (Å²) in [5.41, 5.74) is 13.5. The van der Waals surface area contributed by atoms with Crippen LogP contribution in [0.4, 0.5) is 0 Å². The predicted octanol–water partition coefficient (Wildman–Crippen LogP) is 2.09. The lowest BCUT2D eigenvalue weighted by Crippen LogP contribution is -2.22. The van der Waals surface area contributed by atoms with Gasteiger partial charge in [-0.15, -0.1) is 0 Å². The Kier molecular flexibility index (Phi) is 17.0. The third-order valence-corrected chi connectivity index (χ3v) is 3.47. The lowest BCUT2D eigenvalue weighted by atomic mass is 9.71. The van der Waals surface area contributed by atoms with E-state index in [1.165, 1.54) is 46.8 Å². The fourth-order valence-corrected chi connectivity index (χ4v) is 2.86. The van der Waals surface area contributed by atoms with E-state index in [9.17, 15) is 0 Å². The molecular weight excluding hydrogens is 198 g/mol. The summed E-state index contributed by atoms with van der Waals surface area (Å²) in [6, 6.07) is 0. The van der Waals surface area contributed by atoms with Crippen molar-refractivity contribution in [1.82, 2.24) is 0 Å². The summed E-state index contributed by atoms with van der Waals surface area (Å²) < 4.78 is 0. The summed E-state index contributed by atoms with van der Waals surface area (Å²) in [5.74, 6) is 2.31. The first-order chi connectivity index (χ1) is 7.97. The monoisotopic (exact) mass is 231 g/mol. The van der Waals surface area contributed by atoms with E-state index in [0.29, 0.717) is 0 Å². The van der Waals surface area contributed by atoms with Gasteiger partial charge in [-0.25, -0.2) is 0 Å². The summed E-state index contributed by atoms with van der Waals surface area (Å²) in [5, 5.41) is 0. The molecule has 6 N–H and O–H groups in total. The molecule has 0 aromatic heterocycles. The van der Waals surface area contributed by atoms with Crippen LogP contribution < -0.4 is 17.2 Å². The lowest BCUT2D eigenvalue weighted by Gasteiger charge is -2.35. The van der Waals surface area contributed by atoms with Gasteiger partial charge in [-0.05, 0) is 33.0 Å². The quantitative estimate of drug-likeness (QED) is 0.597. The Labute approximate surface area is 102 Å². The van der Waals surface area contributed by atoms with Gasteiger partial charge in [0.2, 0.25) is 0 Å². The van der Waals surface area contributed by atoms with Crippen molar-refractivity contribution in [2.75, 3.05) is 21.1 Å². The molecule has 0 bridgehead atoms. The minimum atomic E-state index is 1.16. The summed E-state index contributed by atoms with van der Waals surface area (Å²) in [6.45, 7) is 0. The van der Waals surface area contributed by atoms with Crippen LogP contribution in [0.3, 0.4) is 0 Å².